The van der Waals surface area contributed by atoms with Crippen molar-refractivity contribution in [3.8, 4) is 0 Å². The van der Waals surface area contributed by atoms with Crippen LogP contribution in [0.2, 0.25) is 0 Å². The highest BCUT2D eigenvalue weighted by atomic mass is 32.2. The van der Waals surface area contributed by atoms with Crippen molar-refractivity contribution in [3.05, 3.63) is 12.7 Å². The monoisotopic (exact) mass is 131 g/mol. The van der Waals surface area contributed by atoms with E-state index in [9.17, 15) is 0 Å². The fourth-order valence-electron chi connectivity index (χ4n) is 0.449. The number of hydrogen-bond donors (Lipinski definition) is 1. The number of hydrogen-bond acceptors (Lipinski definition) is 2. The SMILES string of the molecule is C=CC(CSC)NC. The minimum atomic E-state index is 0.477. The van der Waals surface area contributed by atoms with Crippen molar-refractivity contribution in [1.82, 2.24) is 5.32 Å². The van der Waals surface area contributed by atoms with Gasteiger partial charge in [-0.1, -0.05) is 6.08 Å². The Morgan fingerprint density at radius 2 is 2.50 bits per heavy atom. The van der Waals surface area contributed by atoms with Crippen molar-refractivity contribution in [2.45, 2.75) is 6.04 Å². The van der Waals surface area contributed by atoms with Crippen molar-refractivity contribution < 1.29 is 0 Å². The van der Waals surface area contributed by atoms with E-state index in [1.807, 2.05) is 24.9 Å². The van der Waals surface area contributed by atoms with Gasteiger partial charge in [-0.3, -0.25) is 0 Å². The van der Waals surface area contributed by atoms with Crippen molar-refractivity contribution in [1.29, 1.82) is 0 Å². The first-order valence-corrected chi connectivity index (χ1v) is 4.03. The molecular weight excluding hydrogens is 118 g/mol. The minimum absolute atomic E-state index is 0.477. The van der Waals surface area contributed by atoms with E-state index in [4.69, 9.17) is 0 Å². The van der Waals surface area contributed by atoms with E-state index in [-0.39, 0.29) is 0 Å². The summed E-state index contributed by atoms with van der Waals surface area (Å²) < 4.78 is 0. The third kappa shape index (κ3) is 3.10. The highest BCUT2D eigenvalue weighted by Crippen LogP contribution is 1.95. The fraction of sp³-hybridized carbons (Fsp3) is 0.667. The van der Waals surface area contributed by atoms with E-state index < -0.39 is 0 Å². The van der Waals surface area contributed by atoms with Crippen LogP contribution in [-0.2, 0) is 0 Å². The first kappa shape index (κ1) is 8.05. The molecule has 8 heavy (non-hydrogen) atoms. The van der Waals surface area contributed by atoms with Gasteiger partial charge in [-0.05, 0) is 13.3 Å². The molecule has 0 radical (unpaired) electrons. The predicted molar refractivity (Wildman–Crippen MR) is 41.4 cm³/mol. The number of nitrogens with one attached hydrogen (secondary N) is 1. The van der Waals surface area contributed by atoms with Crippen molar-refractivity contribution >= 4 is 11.8 Å². The normalized spacial score (nSPS) is 13.2. The lowest BCUT2D eigenvalue weighted by Crippen LogP contribution is -2.24. The van der Waals surface area contributed by atoms with Crippen LogP contribution < -0.4 is 5.32 Å². The minimum Gasteiger partial charge on any atom is -0.313 e. The lowest BCUT2D eigenvalue weighted by molar-refractivity contribution is 0.740. The summed E-state index contributed by atoms with van der Waals surface area (Å²) in [6, 6.07) is 0.477. The third-order valence-electron chi connectivity index (χ3n) is 1.00. The maximum atomic E-state index is 3.67. The molecule has 0 aromatic rings. The van der Waals surface area contributed by atoms with Gasteiger partial charge in [0.2, 0.25) is 0 Å². The van der Waals surface area contributed by atoms with Crippen LogP contribution in [0, 0.1) is 0 Å². The zero-order valence-electron chi connectivity index (χ0n) is 5.48. The molecule has 1 unspecified atom stereocenters. The first-order chi connectivity index (χ1) is 3.85. The molecule has 0 spiro atoms. The van der Waals surface area contributed by atoms with E-state index in [2.05, 4.69) is 18.2 Å². The average molecular weight is 131 g/mol. The van der Waals surface area contributed by atoms with Crippen LogP contribution in [0.15, 0.2) is 12.7 Å². The molecular formula is C6H13NS. The van der Waals surface area contributed by atoms with Gasteiger partial charge in [-0.15, -0.1) is 6.58 Å². The van der Waals surface area contributed by atoms with E-state index in [0.717, 1.165) is 5.75 Å². The molecule has 0 heterocycles. The van der Waals surface area contributed by atoms with Crippen LogP contribution in [-0.4, -0.2) is 25.1 Å². The Bertz CT molecular complexity index is 63.5. The number of likely N-dealkylation sites (N-methyl/N-ethyl adjacent to an activating group) is 1. The molecule has 1 nitrogen and oxygen atoms in total. The fourth-order valence-corrected chi connectivity index (χ4v) is 1.11. The molecule has 0 bridgehead atoms. The molecule has 0 aliphatic rings. The second-order valence-corrected chi connectivity index (χ2v) is 2.50. The molecule has 0 aromatic carbocycles. The molecule has 1 N–H and O–H groups in total. The molecule has 0 saturated heterocycles. The number of thioether (sulfide) groups is 1. The highest BCUT2D eigenvalue weighted by Gasteiger charge is 1.94. The summed E-state index contributed by atoms with van der Waals surface area (Å²) in [5, 5.41) is 3.11. The molecule has 0 fully saturated rings. The van der Waals surface area contributed by atoms with E-state index in [1.165, 1.54) is 0 Å². The van der Waals surface area contributed by atoms with E-state index in [0.29, 0.717) is 6.04 Å². The summed E-state index contributed by atoms with van der Waals surface area (Å²) >= 11 is 1.83. The van der Waals surface area contributed by atoms with E-state index in [1.54, 1.807) is 0 Å². The Labute approximate surface area is 55.5 Å². The molecule has 0 amide bonds. The van der Waals surface area contributed by atoms with Crippen LogP contribution in [0.25, 0.3) is 0 Å². The first-order valence-electron chi connectivity index (χ1n) is 2.64. The summed E-state index contributed by atoms with van der Waals surface area (Å²) in [5.41, 5.74) is 0. The lowest BCUT2D eigenvalue weighted by atomic mass is 10.3. The second kappa shape index (κ2) is 5.19. The summed E-state index contributed by atoms with van der Waals surface area (Å²) in [5.74, 6) is 1.11. The van der Waals surface area contributed by atoms with Crippen LogP contribution in [0.1, 0.15) is 0 Å². The second-order valence-electron chi connectivity index (χ2n) is 1.59. The molecule has 0 aliphatic heterocycles. The van der Waals surface area contributed by atoms with Gasteiger partial charge in [-0.2, -0.15) is 11.8 Å². The Kier molecular flexibility index (Phi) is 5.22. The predicted octanol–water partition coefficient (Wildman–Crippen LogP) is 1.12. The van der Waals surface area contributed by atoms with Crippen LogP contribution >= 0.6 is 11.8 Å². The molecule has 0 rings (SSSR count). The van der Waals surface area contributed by atoms with Gasteiger partial charge in [0.15, 0.2) is 0 Å². The van der Waals surface area contributed by atoms with E-state index >= 15 is 0 Å². The average Bonchev–Trinajstić information content (AvgIpc) is 1.83. The topological polar surface area (TPSA) is 12.0 Å². The highest BCUT2D eigenvalue weighted by molar-refractivity contribution is 7.98. The third-order valence-corrected chi connectivity index (χ3v) is 1.69. The maximum Gasteiger partial charge on any atom is 0.0335 e. The molecule has 2 heteroatoms. The van der Waals surface area contributed by atoms with Gasteiger partial charge in [0.05, 0.1) is 0 Å². The molecule has 0 aliphatic carbocycles. The Morgan fingerprint density at radius 3 is 2.62 bits per heavy atom. The Morgan fingerprint density at radius 1 is 1.88 bits per heavy atom. The van der Waals surface area contributed by atoms with Gasteiger partial charge in [-0.25, -0.2) is 0 Å². The summed E-state index contributed by atoms with van der Waals surface area (Å²) in [6.45, 7) is 3.67. The van der Waals surface area contributed by atoms with Crippen molar-refractivity contribution in [2.24, 2.45) is 0 Å². The summed E-state index contributed by atoms with van der Waals surface area (Å²) in [4.78, 5) is 0. The zero-order valence-corrected chi connectivity index (χ0v) is 6.29. The quantitative estimate of drug-likeness (QED) is 0.574. The van der Waals surface area contributed by atoms with Crippen LogP contribution in [0.3, 0.4) is 0 Å². The van der Waals surface area contributed by atoms with Crippen LogP contribution in [0.5, 0.6) is 0 Å². The zero-order chi connectivity index (χ0) is 6.41. The molecule has 48 valence electrons. The summed E-state index contributed by atoms with van der Waals surface area (Å²) in [7, 11) is 1.95. The number of rotatable bonds is 4. The largest absolute Gasteiger partial charge is 0.313 e. The lowest BCUT2D eigenvalue weighted by Gasteiger charge is -2.06. The van der Waals surface area contributed by atoms with Gasteiger partial charge >= 0.3 is 0 Å². The molecule has 1 atom stereocenters. The van der Waals surface area contributed by atoms with Crippen molar-refractivity contribution in [2.75, 3.05) is 19.1 Å². The standard InChI is InChI=1S/C6H13NS/c1-4-6(7-2)5-8-3/h4,6-7H,1,5H2,2-3H3. The van der Waals surface area contributed by atoms with Crippen molar-refractivity contribution in [3.63, 3.8) is 0 Å². The Balaban J connectivity index is 3.21. The van der Waals surface area contributed by atoms with Gasteiger partial charge in [0, 0.05) is 11.8 Å². The summed E-state index contributed by atoms with van der Waals surface area (Å²) in [6.07, 6.45) is 4.02. The molecule has 0 aromatic heterocycles. The Hall–Kier alpha value is 0.0500. The van der Waals surface area contributed by atoms with Gasteiger partial charge in [0.1, 0.15) is 0 Å². The molecule has 0 saturated carbocycles. The van der Waals surface area contributed by atoms with Gasteiger partial charge < -0.3 is 5.32 Å². The van der Waals surface area contributed by atoms with Crippen LogP contribution in [0.4, 0.5) is 0 Å². The maximum absolute atomic E-state index is 3.67. The van der Waals surface area contributed by atoms with Gasteiger partial charge in [0.25, 0.3) is 0 Å². The smallest absolute Gasteiger partial charge is 0.0335 e.